The van der Waals surface area contributed by atoms with Crippen LogP contribution in [0.1, 0.15) is 5.56 Å². The number of hydrogen-bond acceptors (Lipinski definition) is 1. The number of fused-ring (bicyclic) bond motifs is 1. The van der Waals surface area contributed by atoms with Crippen LogP contribution in [0.4, 0.5) is 8.78 Å². The van der Waals surface area contributed by atoms with E-state index in [9.17, 15) is 8.78 Å². The summed E-state index contributed by atoms with van der Waals surface area (Å²) in [7, 11) is 0. The lowest BCUT2D eigenvalue weighted by atomic mass is 10.0. The van der Waals surface area contributed by atoms with Gasteiger partial charge in [-0.2, -0.15) is 0 Å². The van der Waals surface area contributed by atoms with E-state index in [0.29, 0.717) is 16.5 Å². The van der Waals surface area contributed by atoms with Gasteiger partial charge in [0, 0.05) is 17.1 Å². The lowest BCUT2D eigenvalue weighted by Gasteiger charge is -2.07. The molecule has 1 radical (unpaired) electrons. The topological polar surface area (TPSA) is 12.9 Å². The standard InChI is InChI=1S/C16H10F2N/c1-10-6-7-19-16-13(10)8-11(9-15(16)18)12-4-2-3-5-14(12)17/h2-3,5-9H,1H3. The molecule has 0 saturated heterocycles. The molecule has 1 nitrogen and oxygen atoms in total. The van der Waals surface area contributed by atoms with Crippen LogP contribution in [0.25, 0.3) is 22.0 Å². The molecule has 3 heteroatoms. The largest absolute Gasteiger partial charge is 0.253 e. The van der Waals surface area contributed by atoms with Crippen LogP contribution in [0.5, 0.6) is 0 Å². The highest BCUT2D eigenvalue weighted by Crippen LogP contribution is 2.28. The van der Waals surface area contributed by atoms with Crippen molar-refractivity contribution in [3.63, 3.8) is 0 Å². The number of aromatic nitrogens is 1. The molecule has 0 bridgehead atoms. The molecule has 0 atom stereocenters. The number of halogens is 2. The van der Waals surface area contributed by atoms with Crippen molar-refractivity contribution in [3.8, 4) is 11.1 Å². The van der Waals surface area contributed by atoms with Crippen LogP contribution >= 0.6 is 0 Å². The summed E-state index contributed by atoms with van der Waals surface area (Å²) in [6, 6.07) is 12.1. The predicted molar refractivity (Wildman–Crippen MR) is 70.7 cm³/mol. The van der Waals surface area contributed by atoms with Gasteiger partial charge < -0.3 is 0 Å². The fourth-order valence-corrected chi connectivity index (χ4v) is 2.13. The summed E-state index contributed by atoms with van der Waals surface area (Å²) in [4.78, 5) is 4.02. The molecule has 1 heterocycles. The maximum atomic E-state index is 14.0. The van der Waals surface area contributed by atoms with Gasteiger partial charge in [-0.3, -0.25) is 4.98 Å². The summed E-state index contributed by atoms with van der Waals surface area (Å²) in [6.07, 6.45) is 1.57. The van der Waals surface area contributed by atoms with Gasteiger partial charge in [0.25, 0.3) is 0 Å². The van der Waals surface area contributed by atoms with E-state index in [4.69, 9.17) is 0 Å². The molecule has 0 fully saturated rings. The van der Waals surface area contributed by atoms with Crippen LogP contribution < -0.4 is 0 Å². The van der Waals surface area contributed by atoms with Crippen LogP contribution in [0.15, 0.2) is 42.6 Å². The molecular formula is C16H10F2N. The first-order valence-electron chi connectivity index (χ1n) is 5.88. The van der Waals surface area contributed by atoms with Crippen LogP contribution in [0, 0.1) is 24.6 Å². The second kappa shape index (κ2) is 4.43. The number of benzene rings is 2. The number of pyridine rings is 1. The Morgan fingerprint density at radius 1 is 1.11 bits per heavy atom. The minimum absolute atomic E-state index is 0.270. The van der Waals surface area contributed by atoms with E-state index >= 15 is 0 Å². The summed E-state index contributed by atoms with van der Waals surface area (Å²) in [5, 5.41) is 0.689. The average molecular weight is 254 g/mol. The Kier molecular flexibility index (Phi) is 2.75. The van der Waals surface area contributed by atoms with Gasteiger partial charge in [-0.25, -0.2) is 8.78 Å². The molecule has 3 aromatic rings. The van der Waals surface area contributed by atoms with Crippen LogP contribution in [0.3, 0.4) is 0 Å². The molecule has 0 amide bonds. The zero-order valence-electron chi connectivity index (χ0n) is 10.2. The van der Waals surface area contributed by atoms with Crippen molar-refractivity contribution in [1.82, 2.24) is 4.98 Å². The zero-order chi connectivity index (χ0) is 13.4. The van der Waals surface area contributed by atoms with Gasteiger partial charge in [-0.1, -0.05) is 12.1 Å². The van der Waals surface area contributed by atoms with Crippen molar-refractivity contribution in [2.75, 3.05) is 0 Å². The van der Waals surface area contributed by atoms with E-state index in [-0.39, 0.29) is 5.56 Å². The third-order valence-electron chi connectivity index (χ3n) is 3.11. The Hall–Kier alpha value is -2.29. The SMILES string of the molecule is Cc1ccnc2c(F)cc(-c3[c]cccc3F)cc12. The van der Waals surface area contributed by atoms with Crippen LogP contribution in [-0.4, -0.2) is 4.98 Å². The van der Waals surface area contributed by atoms with E-state index in [1.807, 2.05) is 6.92 Å². The van der Waals surface area contributed by atoms with Crippen molar-refractivity contribution >= 4 is 10.9 Å². The summed E-state index contributed by atoms with van der Waals surface area (Å²) >= 11 is 0. The third-order valence-corrected chi connectivity index (χ3v) is 3.11. The molecule has 0 spiro atoms. The van der Waals surface area contributed by atoms with Crippen molar-refractivity contribution < 1.29 is 8.78 Å². The Balaban J connectivity index is 2.33. The molecule has 3 rings (SSSR count). The van der Waals surface area contributed by atoms with Gasteiger partial charge in [0.05, 0.1) is 0 Å². The van der Waals surface area contributed by atoms with Gasteiger partial charge in [-0.15, -0.1) is 0 Å². The molecule has 2 aromatic carbocycles. The van der Waals surface area contributed by atoms with Crippen molar-refractivity contribution in [1.29, 1.82) is 0 Å². The summed E-state index contributed by atoms with van der Waals surface area (Å²) in [5.74, 6) is -0.865. The van der Waals surface area contributed by atoms with Gasteiger partial charge in [0.15, 0.2) is 0 Å². The second-order valence-corrected chi connectivity index (χ2v) is 4.38. The van der Waals surface area contributed by atoms with Crippen molar-refractivity contribution in [2.24, 2.45) is 0 Å². The van der Waals surface area contributed by atoms with Crippen LogP contribution in [-0.2, 0) is 0 Å². The number of nitrogens with zero attached hydrogens (tertiary/aromatic N) is 1. The number of aryl methyl sites for hydroxylation is 1. The number of hydrogen-bond donors (Lipinski definition) is 0. The molecule has 0 N–H and O–H groups in total. The molecule has 19 heavy (non-hydrogen) atoms. The second-order valence-electron chi connectivity index (χ2n) is 4.38. The summed E-state index contributed by atoms with van der Waals surface area (Å²) in [5.41, 5.74) is 1.95. The molecule has 0 aliphatic rings. The molecule has 0 saturated carbocycles. The highest BCUT2D eigenvalue weighted by molar-refractivity contribution is 5.87. The van der Waals surface area contributed by atoms with E-state index in [1.54, 1.807) is 30.5 Å². The molecule has 0 unspecified atom stereocenters. The maximum Gasteiger partial charge on any atom is 0.150 e. The monoisotopic (exact) mass is 254 g/mol. The number of rotatable bonds is 1. The van der Waals surface area contributed by atoms with Gasteiger partial charge in [0.2, 0.25) is 0 Å². The Bertz CT molecular complexity index is 766. The third kappa shape index (κ3) is 1.97. The smallest absolute Gasteiger partial charge is 0.150 e. The lowest BCUT2D eigenvalue weighted by Crippen LogP contribution is -1.91. The molecular weight excluding hydrogens is 244 g/mol. The highest BCUT2D eigenvalue weighted by atomic mass is 19.1. The first-order valence-corrected chi connectivity index (χ1v) is 5.88. The van der Waals surface area contributed by atoms with E-state index in [0.717, 1.165) is 5.56 Å². The molecule has 1 aromatic heterocycles. The minimum Gasteiger partial charge on any atom is -0.253 e. The first kappa shape index (κ1) is 11.8. The van der Waals surface area contributed by atoms with Crippen LogP contribution in [0.2, 0.25) is 0 Å². The highest BCUT2D eigenvalue weighted by Gasteiger charge is 2.11. The fourth-order valence-electron chi connectivity index (χ4n) is 2.13. The van der Waals surface area contributed by atoms with Crippen molar-refractivity contribution in [2.45, 2.75) is 6.92 Å². The summed E-state index contributed by atoms with van der Waals surface area (Å²) < 4.78 is 27.8. The van der Waals surface area contributed by atoms with Gasteiger partial charge >= 0.3 is 0 Å². The molecule has 93 valence electrons. The summed E-state index contributed by atoms with van der Waals surface area (Å²) in [6.45, 7) is 1.87. The quantitative estimate of drug-likeness (QED) is 0.631. The minimum atomic E-state index is -0.451. The maximum absolute atomic E-state index is 14.0. The zero-order valence-corrected chi connectivity index (χ0v) is 10.2. The normalized spacial score (nSPS) is 10.9. The Labute approximate surface area is 109 Å². The first-order chi connectivity index (χ1) is 9.16. The van der Waals surface area contributed by atoms with E-state index < -0.39 is 11.6 Å². The fraction of sp³-hybridized carbons (Fsp3) is 0.0625. The van der Waals surface area contributed by atoms with E-state index in [1.165, 1.54) is 12.1 Å². The lowest BCUT2D eigenvalue weighted by molar-refractivity contribution is 0.628. The Morgan fingerprint density at radius 3 is 2.74 bits per heavy atom. The Morgan fingerprint density at radius 2 is 1.95 bits per heavy atom. The van der Waals surface area contributed by atoms with E-state index in [2.05, 4.69) is 11.1 Å². The average Bonchev–Trinajstić information content (AvgIpc) is 2.40. The predicted octanol–water partition coefficient (Wildman–Crippen LogP) is 4.29. The van der Waals surface area contributed by atoms with Gasteiger partial charge in [0.1, 0.15) is 17.2 Å². The molecule has 0 aliphatic carbocycles. The van der Waals surface area contributed by atoms with Gasteiger partial charge in [-0.05, 0) is 48.4 Å². The molecule has 0 aliphatic heterocycles. The van der Waals surface area contributed by atoms with Crippen molar-refractivity contribution in [3.05, 3.63) is 65.9 Å².